The SMILES string of the molecule is CN(C)C1CN(c2ccc(Nc3ncc4c5ccncc5n(C5CCCC5)c4n3)nn2)CCC1O[Si](C)(C)C(C)(C)C. The van der Waals surface area contributed by atoms with Crippen LogP contribution in [0.5, 0.6) is 0 Å². The van der Waals surface area contributed by atoms with Gasteiger partial charge in [-0.15, -0.1) is 10.2 Å². The summed E-state index contributed by atoms with van der Waals surface area (Å²) in [7, 11) is 2.43. The van der Waals surface area contributed by atoms with Gasteiger partial charge in [-0.1, -0.05) is 33.6 Å². The Hall–Kier alpha value is -3.15. The van der Waals surface area contributed by atoms with E-state index in [1.807, 2.05) is 30.7 Å². The molecular weight excluding hydrogens is 542 g/mol. The van der Waals surface area contributed by atoms with Gasteiger partial charge in [0.2, 0.25) is 5.95 Å². The highest BCUT2D eigenvalue weighted by Gasteiger charge is 2.42. The molecule has 42 heavy (non-hydrogen) atoms. The molecule has 1 saturated carbocycles. The van der Waals surface area contributed by atoms with Crippen LogP contribution in [-0.4, -0.2) is 82.3 Å². The van der Waals surface area contributed by atoms with Crippen molar-refractivity contribution < 1.29 is 4.43 Å². The standard InChI is InChI=1S/C31H45N9OSi/c1-31(2,3)42(6,7)41-26-15-17-39(20-25(26)38(4)5)28-13-12-27(36-37-28)34-30-33-18-23-22-14-16-32-19-24(22)40(29(23)35-30)21-10-8-9-11-21/h12-14,16,18-19,21,25-26H,8-11,15,17,20H2,1-7H3,(H,33,34,35,36). The monoisotopic (exact) mass is 587 g/mol. The molecule has 2 atom stereocenters. The molecule has 224 valence electrons. The summed E-state index contributed by atoms with van der Waals surface area (Å²) in [6, 6.07) is 6.80. The van der Waals surface area contributed by atoms with Crippen molar-refractivity contribution in [3.63, 3.8) is 0 Å². The molecule has 0 aromatic carbocycles. The van der Waals surface area contributed by atoms with E-state index in [0.29, 0.717) is 17.8 Å². The molecule has 4 aromatic heterocycles. The molecule has 11 heteroatoms. The van der Waals surface area contributed by atoms with Gasteiger partial charge in [0.25, 0.3) is 0 Å². The maximum absolute atomic E-state index is 6.88. The smallest absolute Gasteiger partial charge is 0.230 e. The average Bonchev–Trinajstić information content (AvgIpc) is 3.59. The van der Waals surface area contributed by atoms with Gasteiger partial charge in [0.05, 0.1) is 23.9 Å². The van der Waals surface area contributed by atoms with E-state index in [-0.39, 0.29) is 17.2 Å². The fourth-order valence-electron chi connectivity index (χ4n) is 6.24. The van der Waals surface area contributed by atoms with Gasteiger partial charge < -0.3 is 24.1 Å². The molecule has 2 fully saturated rings. The summed E-state index contributed by atoms with van der Waals surface area (Å²) in [6.45, 7) is 13.4. The molecule has 2 aliphatic rings. The van der Waals surface area contributed by atoms with E-state index in [2.05, 4.69) is 93.9 Å². The largest absolute Gasteiger partial charge is 0.412 e. The third-order valence-electron chi connectivity index (χ3n) is 9.69. The molecular formula is C31H45N9OSi. The second-order valence-corrected chi connectivity index (χ2v) is 18.5. The Morgan fingerprint density at radius 2 is 1.79 bits per heavy atom. The second-order valence-electron chi connectivity index (χ2n) is 13.7. The number of anilines is 3. The van der Waals surface area contributed by atoms with Crippen molar-refractivity contribution in [2.45, 2.75) is 89.2 Å². The molecule has 0 spiro atoms. The van der Waals surface area contributed by atoms with Crippen molar-refractivity contribution in [3.05, 3.63) is 36.8 Å². The number of pyridine rings is 1. The lowest BCUT2D eigenvalue weighted by atomic mass is 10.0. The van der Waals surface area contributed by atoms with Crippen molar-refractivity contribution in [2.24, 2.45) is 0 Å². The topological polar surface area (TPSA) is 97.1 Å². The Morgan fingerprint density at radius 3 is 2.48 bits per heavy atom. The van der Waals surface area contributed by atoms with Crippen molar-refractivity contribution in [1.82, 2.24) is 34.6 Å². The molecule has 0 bridgehead atoms. The van der Waals surface area contributed by atoms with Gasteiger partial charge >= 0.3 is 0 Å². The number of nitrogens with zero attached hydrogens (tertiary/aromatic N) is 8. The molecule has 1 saturated heterocycles. The first kappa shape index (κ1) is 28.9. The number of hydrogen-bond donors (Lipinski definition) is 1. The minimum atomic E-state index is -1.86. The third kappa shape index (κ3) is 5.49. The highest BCUT2D eigenvalue weighted by atomic mass is 28.4. The first-order valence-corrected chi connectivity index (χ1v) is 18.2. The fourth-order valence-corrected chi connectivity index (χ4v) is 7.63. The Morgan fingerprint density at radius 1 is 1.00 bits per heavy atom. The highest BCUT2D eigenvalue weighted by molar-refractivity contribution is 6.74. The highest BCUT2D eigenvalue weighted by Crippen LogP contribution is 2.40. The summed E-state index contributed by atoms with van der Waals surface area (Å²) >= 11 is 0. The zero-order valence-electron chi connectivity index (χ0n) is 26.1. The first-order chi connectivity index (χ1) is 20.0. The van der Waals surface area contributed by atoms with Crippen LogP contribution in [0.15, 0.2) is 36.8 Å². The summed E-state index contributed by atoms with van der Waals surface area (Å²) in [5.74, 6) is 2.03. The van der Waals surface area contributed by atoms with Gasteiger partial charge in [-0.3, -0.25) is 4.98 Å². The average molecular weight is 588 g/mol. The predicted molar refractivity (Wildman–Crippen MR) is 172 cm³/mol. The van der Waals surface area contributed by atoms with Gasteiger partial charge in [0.15, 0.2) is 20.0 Å². The van der Waals surface area contributed by atoms with Crippen LogP contribution in [0.25, 0.3) is 21.9 Å². The lowest BCUT2D eigenvalue weighted by Gasteiger charge is -2.47. The van der Waals surface area contributed by atoms with E-state index < -0.39 is 8.32 Å². The van der Waals surface area contributed by atoms with Crippen LogP contribution in [0.1, 0.15) is 58.9 Å². The van der Waals surface area contributed by atoms with E-state index in [1.54, 1.807) is 0 Å². The maximum Gasteiger partial charge on any atom is 0.230 e. The minimum absolute atomic E-state index is 0.188. The Bertz CT molecular complexity index is 1540. The summed E-state index contributed by atoms with van der Waals surface area (Å²) in [5, 5.41) is 14.8. The van der Waals surface area contributed by atoms with Crippen LogP contribution in [0.2, 0.25) is 18.1 Å². The van der Waals surface area contributed by atoms with E-state index in [9.17, 15) is 0 Å². The quantitative estimate of drug-likeness (QED) is 0.255. The molecule has 10 nitrogen and oxygen atoms in total. The molecule has 2 unspecified atom stereocenters. The van der Waals surface area contributed by atoms with Crippen LogP contribution >= 0.6 is 0 Å². The van der Waals surface area contributed by atoms with Crippen molar-refractivity contribution in [2.75, 3.05) is 37.4 Å². The number of piperidine rings is 1. The van der Waals surface area contributed by atoms with Crippen LogP contribution in [0, 0.1) is 0 Å². The van der Waals surface area contributed by atoms with Gasteiger partial charge in [-0.05, 0) is 69.7 Å². The molecule has 0 amide bonds. The van der Waals surface area contributed by atoms with E-state index in [0.717, 1.165) is 47.3 Å². The first-order valence-electron chi connectivity index (χ1n) is 15.3. The van der Waals surface area contributed by atoms with Gasteiger partial charge in [0, 0.05) is 42.3 Å². The minimum Gasteiger partial charge on any atom is -0.412 e. The molecule has 5 heterocycles. The molecule has 6 rings (SSSR count). The van der Waals surface area contributed by atoms with Crippen molar-refractivity contribution in [1.29, 1.82) is 0 Å². The van der Waals surface area contributed by atoms with Crippen LogP contribution in [0.3, 0.4) is 0 Å². The zero-order valence-corrected chi connectivity index (χ0v) is 27.1. The second kappa shape index (κ2) is 11.2. The van der Waals surface area contributed by atoms with Crippen LogP contribution in [-0.2, 0) is 4.43 Å². The fraction of sp³-hybridized carbons (Fsp3) is 0.581. The lowest BCUT2D eigenvalue weighted by molar-refractivity contribution is 0.0683. The lowest BCUT2D eigenvalue weighted by Crippen LogP contribution is -2.58. The molecule has 1 aliphatic carbocycles. The van der Waals surface area contributed by atoms with Gasteiger partial charge in [-0.25, -0.2) is 4.98 Å². The normalized spacial score (nSPS) is 20.7. The number of likely N-dealkylation sites (N-methyl/N-ethyl adjacent to an activating group) is 1. The number of aromatic nitrogens is 6. The number of fused-ring (bicyclic) bond motifs is 3. The third-order valence-corrected chi connectivity index (χ3v) is 14.2. The molecule has 1 aliphatic heterocycles. The number of hydrogen-bond acceptors (Lipinski definition) is 9. The molecule has 1 N–H and O–H groups in total. The number of rotatable bonds is 7. The van der Waals surface area contributed by atoms with E-state index in [1.165, 1.54) is 25.7 Å². The molecule has 4 aromatic rings. The van der Waals surface area contributed by atoms with Crippen molar-refractivity contribution >= 4 is 47.8 Å². The predicted octanol–water partition coefficient (Wildman–Crippen LogP) is 6.16. The maximum atomic E-state index is 6.88. The zero-order chi connectivity index (χ0) is 29.6. The van der Waals surface area contributed by atoms with E-state index >= 15 is 0 Å². The van der Waals surface area contributed by atoms with Crippen LogP contribution in [0.4, 0.5) is 17.6 Å². The van der Waals surface area contributed by atoms with Crippen molar-refractivity contribution in [3.8, 4) is 0 Å². The summed E-state index contributed by atoms with van der Waals surface area (Å²) in [6.07, 6.45) is 11.7. The summed E-state index contributed by atoms with van der Waals surface area (Å²) in [5.41, 5.74) is 2.08. The Balaban J connectivity index is 1.19. The molecule has 0 radical (unpaired) electrons. The van der Waals surface area contributed by atoms with Gasteiger partial charge in [0.1, 0.15) is 5.65 Å². The number of nitrogens with one attached hydrogen (secondary N) is 1. The van der Waals surface area contributed by atoms with Crippen LogP contribution < -0.4 is 10.2 Å². The Kier molecular flexibility index (Phi) is 7.69. The van der Waals surface area contributed by atoms with Gasteiger partial charge in [-0.2, -0.15) is 4.98 Å². The van der Waals surface area contributed by atoms with E-state index in [4.69, 9.17) is 9.41 Å². The summed E-state index contributed by atoms with van der Waals surface area (Å²) in [4.78, 5) is 18.6. The summed E-state index contributed by atoms with van der Waals surface area (Å²) < 4.78 is 9.25. The Labute approximate surface area is 250 Å².